The summed E-state index contributed by atoms with van der Waals surface area (Å²) >= 11 is 2.10. The third kappa shape index (κ3) is 5.79. The molecular weight excluding hydrogens is 204 g/mol. The predicted octanol–water partition coefficient (Wildman–Crippen LogP) is 2.33. The summed E-state index contributed by atoms with van der Waals surface area (Å²) in [6.07, 6.45) is 2.35. The van der Waals surface area contributed by atoms with E-state index in [4.69, 9.17) is 5.73 Å². The fourth-order valence-electron chi connectivity index (χ4n) is 2.06. The molecule has 1 fully saturated rings. The molecule has 2 nitrogen and oxygen atoms in total. The highest BCUT2D eigenvalue weighted by atomic mass is 32.2. The first-order chi connectivity index (χ1) is 6.79. The molecule has 1 rings (SSSR count). The van der Waals surface area contributed by atoms with Crippen LogP contribution < -0.4 is 5.73 Å². The van der Waals surface area contributed by atoms with Gasteiger partial charge in [0, 0.05) is 29.1 Å². The lowest BCUT2D eigenvalue weighted by Crippen LogP contribution is -2.44. The van der Waals surface area contributed by atoms with Crippen molar-refractivity contribution in [1.29, 1.82) is 0 Å². The van der Waals surface area contributed by atoms with Crippen molar-refractivity contribution in [2.75, 3.05) is 25.4 Å². The molecule has 1 saturated heterocycles. The van der Waals surface area contributed by atoms with Crippen molar-refractivity contribution in [3.05, 3.63) is 0 Å². The van der Waals surface area contributed by atoms with Gasteiger partial charge in [0.1, 0.15) is 0 Å². The third-order valence-corrected chi connectivity index (χ3v) is 4.10. The van der Waals surface area contributed by atoms with E-state index >= 15 is 0 Å². The van der Waals surface area contributed by atoms with Gasteiger partial charge in [0.15, 0.2) is 0 Å². The summed E-state index contributed by atoms with van der Waals surface area (Å²) < 4.78 is 0.441. The molecule has 0 aromatic heterocycles. The van der Waals surface area contributed by atoms with Crippen LogP contribution in [0, 0.1) is 0 Å². The Bertz CT molecular complexity index is 196. The largest absolute Gasteiger partial charge is 0.326 e. The summed E-state index contributed by atoms with van der Waals surface area (Å²) in [7, 11) is 0. The van der Waals surface area contributed by atoms with Gasteiger partial charge in [0.25, 0.3) is 0 Å². The van der Waals surface area contributed by atoms with E-state index < -0.39 is 0 Å². The van der Waals surface area contributed by atoms with Crippen LogP contribution in [0.15, 0.2) is 0 Å². The molecule has 0 aliphatic carbocycles. The second kappa shape index (κ2) is 5.07. The van der Waals surface area contributed by atoms with Crippen LogP contribution in [0.4, 0.5) is 0 Å². The predicted molar refractivity (Wildman–Crippen MR) is 70.5 cm³/mol. The van der Waals surface area contributed by atoms with E-state index in [2.05, 4.69) is 44.4 Å². The van der Waals surface area contributed by atoms with Crippen LogP contribution in [0.2, 0.25) is 0 Å². The van der Waals surface area contributed by atoms with Gasteiger partial charge in [-0.3, -0.25) is 0 Å². The summed E-state index contributed by atoms with van der Waals surface area (Å²) in [5.74, 6) is 1.28. The topological polar surface area (TPSA) is 29.3 Å². The van der Waals surface area contributed by atoms with Crippen molar-refractivity contribution >= 4 is 11.8 Å². The molecule has 0 bridgehead atoms. The molecule has 0 radical (unpaired) electrons. The average Bonchev–Trinajstić information content (AvgIpc) is 1.99. The molecule has 2 N–H and O–H groups in total. The van der Waals surface area contributed by atoms with Crippen molar-refractivity contribution in [2.24, 2.45) is 5.73 Å². The summed E-state index contributed by atoms with van der Waals surface area (Å²) in [4.78, 5) is 2.59. The van der Waals surface area contributed by atoms with Gasteiger partial charge >= 0.3 is 0 Å². The SMILES string of the molecule is CC(C)(N)CCCN1CCSC(C)(C)C1. The molecule has 1 aliphatic rings. The first-order valence-electron chi connectivity index (χ1n) is 5.94. The van der Waals surface area contributed by atoms with E-state index in [-0.39, 0.29) is 5.54 Å². The standard InChI is InChI=1S/C12H26N2S/c1-11(2,13)6-5-7-14-8-9-15-12(3,4)10-14/h5-10,13H2,1-4H3. The number of hydrogen-bond donors (Lipinski definition) is 1. The van der Waals surface area contributed by atoms with Crippen LogP contribution in [-0.2, 0) is 0 Å². The number of nitrogens with zero attached hydrogens (tertiary/aromatic N) is 1. The Kier molecular flexibility index (Phi) is 4.50. The number of thioether (sulfide) groups is 1. The lowest BCUT2D eigenvalue weighted by atomic mass is 10.00. The minimum Gasteiger partial charge on any atom is -0.326 e. The Balaban J connectivity index is 2.22. The summed E-state index contributed by atoms with van der Waals surface area (Å²) in [5.41, 5.74) is 5.98. The molecule has 3 heteroatoms. The molecule has 0 saturated carbocycles. The summed E-state index contributed by atoms with van der Waals surface area (Å²) in [5, 5.41) is 0. The Labute approximate surface area is 99.0 Å². The van der Waals surface area contributed by atoms with Crippen LogP contribution >= 0.6 is 11.8 Å². The molecule has 0 amide bonds. The quantitative estimate of drug-likeness (QED) is 0.804. The maximum atomic E-state index is 5.98. The van der Waals surface area contributed by atoms with E-state index in [0.717, 1.165) is 6.42 Å². The Hall–Kier alpha value is 0.270. The van der Waals surface area contributed by atoms with E-state index in [1.165, 1.54) is 31.8 Å². The van der Waals surface area contributed by atoms with Crippen molar-refractivity contribution in [3.63, 3.8) is 0 Å². The van der Waals surface area contributed by atoms with Crippen molar-refractivity contribution in [2.45, 2.75) is 50.8 Å². The van der Waals surface area contributed by atoms with Crippen LogP contribution in [-0.4, -0.2) is 40.6 Å². The molecule has 0 spiro atoms. The zero-order valence-corrected chi connectivity index (χ0v) is 11.5. The number of rotatable bonds is 4. The minimum absolute atomic E-state index is 0.0000542. The molecule has 0 unspecified atom stereocenters. The van der Waals surface area contributed by atoms with Gasteiger partial charge in [0.2, 0.25) is 0 Å². The first kappa shape index (κ1) is 13.3. The fraction of sp³-hybridized carbons (Fsp3) is 1.00. The Morgan fingerprint density at radius 1 is 1.40 bits per heavy atom. The van der Waals surface area contributed by atoms with Crippen molar-refractivity contribution in [1.82, 2.24) is 4.90 Å². The zero-order chi connectivity index (χ0) is 11.5. The maximum Gasteiger partial charge on any atom is 0.0231 e. The van der Waals surface area contributed by atoms with Crippen molar-refractivity contribution < 1.29 is 0 Å². The summed E-state index contributed by atoms with van der Waals surface area (Å²) in [6, 6.07) is 0. The molecular formula is C12H26N2S. The van der Waals surface area contributed by atoms with E-state index in [1.54, 1.807) is 0 Å². The molecule has 1 aliphatic heterocycles. The number of nitrogens with two attached hydrogens (primary N) is 1. The lowest BCUT2D eigenvalue weighted by Gasteiger charge is -2.37. The van der Waals surface area contributed by atoms with Gasteiger partial charge in [-0.25, -0.2) is 0 Å². The van der Waals surface area contributed by atoms with Crippen LogP contribution in [0.25, 0.3) is 0 Å². The molecule has 0 aromatic rings. The second-order valence-corrected chi connectivity index (χ2v) is 7.78. The van der Waals surface area contributed by atoms with Crippen LogP contribution in [0.1, 0.15) is 40.5 Å². The van der Waals surface area contributed by atoms with Gasteiger partial charge < -0.3 is 10.6 Å². The van der Waals surface area contributed by atoms with E-state index in [1.807, 2.05) is 0 Å². The fourth-order valence-corrected chi connectivity index (χ4v) is 3.24. The highest BCUT2D eigenvalue weighted by molar-refractivity contribution is 8.00. The lowest BCUT2D eigenvalue weighted by molar-refractivity contribution is 0.248. The van der Waals surface area contributed by atoms with Gasteiger partial charge in [-0.05, 0) is 47.1 Å². The highest BCUT2D eigenvalue weighted by Crippen LogP contribution is 2.29. The van der Waals surface area contributed by atoms with Gasteiger partial charge in [-0.15, -0.1) is 0 Å². The average molecular weight is 230 g/mol. The molecule has 0 atom stereocenters. The highest BCUT2D eigenvalue weighted by Gasteiger charge is 2.26. The molecule has 0 aromatic carbocycles. The monoisotopic (exact) mass is 230 g/mol. The van der Waals surface area contributed by atoms with Gasteiger partial charge in [-0.1, -0.05) is 0 Å². The second-order valence-electron chi connectivity index (χ2n) is 5.98. The number of hydrogen-bond acceptors (Lipinski definition) is 3. The van der Waals surface area contributed by atoms with Crippen molar-refractivity contribution in [3.8, 4) is 0 Å². The van der Waals surface area contributed by atoms with E-state index in [0.29, 0.717) is 4.75 Å². The third-order valence-electron chi connectivity index (χ3n) is 2.80. The molecule has 90 valence electrons. The van der Waals surface area contributed by atoms with Gasteiger partial charge in [0.05, 0.1) is 0 Å². The Morgan fingerprint density at radius 3 is 2.60 bits per heavy atom. The van der Waals surface area contributed by atoms with Gasteiger partial charge in [-0.2, -0.15) is 11.8 Å². The smallest absolute Gasteiger partial charge is 0.0231 e. The maximum absolute atomic E-state index is 5.98. The first-order valence-corrected chi connectivity index (χ1v) is 6.92. The normalized spacial score (nSPS) is 23.0. The Morgan fingerprint density at radius 2 is 2.07 bits per heavy atom. The van der Waals surface area contributed by atoms with E-state index in [9.17, 15) is 0 Å². The molecule has 1 heterocycles. The minimum atomic E-state index is 0.0000542. The zero-order valence-electron chi connectivity index (χ0n) is 10.7. The summed E-state index contributed by atoms with van der Waals surface area (Å²) in [6.45, 7) is 12.6. The van der Waals surface area contributed by atoms with Crippen LogP contribution in [0.3, 0.4) is 0 Å². The molecule has 15 heavy (non-hydrogen) atoms. The van der Waals surface area contributed by atoms with Crippen LogP contribution in [0.5, 0.6) is 0 Å².